The number of hydrogen-bond acceptors (Lipinski definition) is 3. The van der Waals surface area contributed by atoms with E-state index in [0.29, 0.717) is 12.8 Å². The van der Waals surface area contributed by atoms with Crippen LogP contribution in [0.15, 0.2) is 30.3 Å². The zero-order valence-corrected chi connectivity index (χ0v) is 16.8. The van der Waals surface area contributed by atoms with Crippen LogP contribution < -0.4 is 11.1 Å². The zero-order chi connectivity index (χ0) is 19.6. The molecular formula is C21H37N3O2. The maximum atomic E-state index is 11.8. The minimum absolute atomic E-state index is 0.242. The first kappa shape index (κ1) is 24.1. The number of benzene rings is 1. The molecule has 0 bridgehead atoms. The third kappa shape index (κ3) is 14.5. The molecule has 1 aromatic carbocycles. The van der Waals surface area contributed by atoms with Gasteiger partial charge in [-0.3, -0.25) is 9.59 Å². The third-order valence-corrected chi connectivity index (χ3v) is 3.96. The number of carbonyl (C=O) groups is 2. The van der Waals surface area contributed by atoms with Gasteiger partial charge in [0.25, 0.3) is 0 Å². The molecule has 1 aromatic rings. The van der Waals surface area contributed by atoms with E-state index < -0.39 is 0 Å². The number of amides is 2. The molecule has 1 aliphatic rings. The van der Waals surface area contributed by atoms with Gasteiger partial charge in [0.1, 0.15) is 0 Å². The number of aryl methyl sites for hydroxylation is 1. The number of nitrogens with two attached hydrogens (primary N) is 1. The quantitative estimate of drug-likeness (QED) is 0.789. The molecule has 5 heteroatoms. The Morgan fingerprint density at radius 3 is 1.88 bits per heavy atom. The number of nitrogens with zero attached hydrogens (tertiary/aromatic N) is 1. The van der Waals surface area contributed by atoms with Gasteiger partial charge in [-0.1, -0.05) is 48.7 Å². The Hall–Kier alpha value is -1.88. The lowest BCUT2D eigenvalue weighted by molar-refractivity contribution is -0.131. The van der Waals surface area contributed by atoms with Crippen LogP contribution in [0.2, 0.25) is 0 Å². The summed E-state index contributed by atoms with van der Waals surface area (Å²) in [6.07, 6.45) is 7.21. The number of unbranched alkanes of at least 4 members (excludes halogenated alkanes) is 1. The van der Waals surface area contributed by atoms with Crippen molar-refractivity contribution in [2.75, 3.05) is 27.2 Å². The monoisotopic (exact) mass is 363 g/mol. The van der Waals surface area contributed by atoms with E-state index in [1.807, 2.05) is 37.2 Å². The summed E-state index contributed by atoms with van der Waals surface area (Å²) < 4.78 is 0. The average molecular weight is 364 g/mol. The molecule has 26 heavy (non-hydrogen) atoms. The van der Waals surface area contributed by atoms with Gasteiger partial charge in [-0.2, -0.15) is 0 Å². The first-order valence-electron chi connectivity index (χ1n) is 9.67. The van der Waals surface area contributed by atoms with Crippen LogP contribution in [0.3, 0.4) is 0 Å². The van der Waals surface area contributed by atoms with Crippen LogP contribution in [0, 0.1) is 6.92 Å². The molecule has 2 amide bonds. The molecule has 0 aliphatic carbocycles. The fraction of sp³-hybridized carbons (Fsp3) is 0.619. The Morgan fingerprint density at radius 1 is 0.962 bits per heavy atom. The fourth-order valence-electron chi connectivity index (χ4n) is 2.59. The van der Waals surface area contributed by atoms with Crippen molar-refractivity contribution in [3.63, 3.8) is 0 Å². The molecule has 2 rings (SSSR count). The maximum absolute atomic E-state index is 11.8. The van der Waals surface area contributed by atoms with Crippen molar-refractivity contribution in [1.29, 1.82) is 0 Å². The van der Waals surface area contributed by atoms with Crippen LogP contribution in [0.1, 0.15) is 56.9 Å². The fourth-order valence-corrected chi connectivity index (χ4v) is 2.59. The summed E-state index contributed by atoms with van der Waals surface area (Å²) in [4.78, 5) is 24.3. The van der Waals surface area contributed by atoms with Crippen LogP contribution in [0.4, 0.5) is 0 Å². The van der Waals surface area contributed by atoms with Gasteiger partial charge in [-0.25, -0.2) is 0 Å². The second kappa shape index (κ2) is 16.6. The first-order chi connectivity index (χ1) is 12.5. The van der Waals surface area contributed by atoms with Crippen molar-refractivity contribution >= 4 is 11.8 Å². The van der Waals surface area contributed by atoms with E-state index in [1.54, 1.807) is 0 Å². The molecule has 1 heterocycles. The third-order valence-electron chi connectivity index (χ3n) is 3.96. The summed E-state index contributed by atoms with van der Waals surface area (Å²) in [5.74, 6) is -0.0337. The van der Waals surface area contributed by atoms with E-state index in [2.05, 4.69) is 24.4 Å². The van der Waals surface area contributed by atoms with Crippen LogP contribution in [0.5, 0.6) is 0 Å². The standard InChI is InChI=1S/C12H22N2O2.C7H8.C2H7N/c13-11(15)7-3-4-8-12(16)14-9-5-1-2-6-10-14;1-7-5-3-2-4-6-7;1-3-2/h1-10H2,(H2,13,15);2-6H,1H3;3H,1-2H3. The van der Waals surface area contributed by atoms with E-state index >= 15 is 0 Å². The molecule has 3 N–H and O–H groups in total. The molecule has 0 saturated carbocycles. The van der Waals surface area contributed by atoms with Crippen LogP contribution >= 0.6 is 0 Å². The largest absolute Gasteiger partial charge is 0.370 e. The molecular weight excluding hydrogens is 326 g/mol. The van der Waals surface area contributed by atoms with E-state index in [9.17, 15) is 9.59 Å². The Labute approximate surface area is 159 Å². The summed E-state index contributed by atoms with van der Waals surface area (Å²) >= 11 is 0. The van der Waals surface area contributed by atoms with Gasteiger partial charge in [-0.05, 0) is 46.7 Å². The van der Waals surface area contributed by atoms with Gasteiger partial charge in [0.2, 0.25) is 11.8 Å². The number of likely N-dealkylation sites (tertiary alicyclic amines) is 1. The van der Waals surface area contributed by atoms with Crippen LogP contribution in [-0.4, -0.2) is 43.9 Å². The summed E-state index contributed by atoms with van der Waals surface area (Å²) in [7, 11) is 3.75. The highest BCUT2D eigenvalue weighted by atomic mass is 16.2. The molecule has 5 nitrogen and oxygen atoms in total. The first-order valence-corrected chi connectivity index (χ1v) is 9.67. The molecule has 1 fully saturated rings. The second-order valence-electron chi connectivity index (χ2n) is 6.62. The summed E-state index contributed by atoms with van der Waals surface area (Å²) in [6, 6.07) is 10.3. The topological polar surface area (TPSA) is 75.4 Å². The molecule has 0 radical (unpaired) electrons. The Bertz CT molecular complexity index is 469. The SMILES string of the molecule is CNC.Cc1ccccc1.NC(=O)CCCCC(=O)N1CCCCCC1. The molecule has 1 saturated heterocycles. The number of nitrogens with one attached hydrogen (secondary N) is 1. The molecule has 0 aromatic heterocycles. The predicted molar refractivity (Wildman–Crippen MR) is 109 cm³/mol. The van der Waals surface area contributed by atoms with Crippen molar-refractivity contribution < 1.29 is 9.59 Å². The second-order valence-corrected chi connectivity index (χ2v) is 6.62. The number of hydrogen-bond donors (Lipinski definition) is 2. The number of carbonyl (C=O) groups excluding carboxylic acids is 2. The summed E-state index contributed by atoms with van der Waals surface area (Å²) in [6.45, 7) is 3.91. The zero-order valence-electron chi connectivity index (χ0n) is 16.8. The van der Waals surface area contributed by atoms with Gasteiger partial charge < -0.3 is 16.0 Å². The lowest BCUT2D eigenvalue weighted by Gasteiger charge is -2.20. The molecule has 1 aliphatic heterocycles. The van der Waals surface area contributed by atoms with Gasteiger partial charge >= 0.3 is 0 Å². The Balaban J connectivity index is 0.000000514. The predicted octanol–water partition coefficient (Wildman–Crippen LogP) is 3.27. The highest BCUT2D eigenvalue weighted by molar-refractivity contribution is 5.76. The summed E-state index contributed by atoms with van der Waals surface area (Å²) in [5.41, 5.74) is 6.36. The normalized spacial score (nSPS) is 13.4. The Morgan fingerprint density at radius 2 is 1.46 bits per heavy atom. The molecule has 0 unspecified atom stereocenters. The van der Waals surface area contributed by atoms with Crippen LogP contribution in [-0.2, 0) is 9.59 Å². The minimum Gasteiger partial charge on any atom is -0.370 e. The molecule has 0 spiro atoms. The van der Waals surface area contributed by atoms with Crippen molar-refractivity contribution in [3.05, 3.63) is 35.9 Å². The lowest BCUT2D eigenvalue weighted by atomic mass is 10.1. The highest BCUT2D eigenvalue weighted by Crippen LogP contribution is 2.12. The lowest BCUT2D eigenvalue weighted by Crippen LogP contribution is -2.31. The summed E-state index contributed by atoms with van der Waals surface area (Å²) in [5, 5.41) is 2.75. The number of rotatable bonds is 5. The maximum Gasteiger partial charge on any atom is 0.222 e. The van der Waals surface area contributed by atoms with Gasteiger partial charge in [0.05, 0.1) is 0 Å². The van der Waals surface area contributed by atoms with Crippen molar-refractivity contribution in [1.82, 2.24) is 10.2 Å². The van der Waals surface area contributed by atoms with E-state index in [4.69, 9.17) is 5.73 Å². The van der Waals surface area contributed by atoms with Crippen molar-refractivity contribution in [2.45, 2.75) is 58.3 Å². The van der Waals surface area contributed by atoms with E-state index in [-0.39, 0.29) is 11.8 Å². The van der Waals surface area contributed by atoms with Gasteiger partial charge in [-0.15, -0.1) is 0 Å². The smallest absolute Gasteiger partial charge is 0.222 e. The van der Waals surface area contributed by atoms with Gasteiger partial charge in [0, 0.05) is 25.9 Å². The molecule has 148 valence electrons. The molecule has 0 atom stereocenters. The van der Waals surface area contributed by atoms with Crippen LogP contribution in [0.25, 0.3) is 0 Å². The average Bonchev–Trinajstić information content (AvgIpc) is 2.90. The van der Waals surface area contributed by atoms with E-state index in [1.165, 1.54) is 18.4 Å². The van der Waals surface area contributed by atoms with Crippen molar-refractivity contribution in [3.8, 4) is 0 Å². The number of primary amides is 1. The van der Waals surface area contributed by atoms with Gasteiger partial charge in [0.15, 0.2) is 0 Å². The van der Waals surface area contributed by atoms with E-state index in [0.717, 1.165) is 38.8 Å². The van der Waals surface area contributed by atoms with Crippen molar-refractivity contribution in [2.24, 2.45) is 5.73 Å². The highest BCUT2D eigenvalue weighted by Gasteiger charge is 2.14. The minimum atomic E-state index is -0.276. The Kier molecular flexibility index (Phi) is 15.4.